The zero-order chi connectivity index (χ0) is 22.0. The summed E-state index contributed by atoms with van der Waals surface area (Å²) in [5.41, 5.74) is 3.24. The van der Waals surface area contributed by atoms with Crippen molar-refractivity contribution in [1.82, 2.24) is 9.80 Å². The molecule has 1 heterocycles. The SMILES string of the molecule is CN1CCN(CC(c2ccc(-c3cccc4ccccc34)cc2)C2(O)CCCCC2)CC1.Cl.Cl. The number of piperazine rings is 1. The Morgan fingerprint density at radius 1 is 0.794 bits per heavy atom. The molecule has 1 saturated carbocycles. The first-order valence-electron chi connectivity index (χ1n) is 12.3. The lowest BCUT2D eigenvalue weighted by molar-refractivity contribution is -0.0337. The molecule has 1 atom stereocenters. The van der Waals surface area contributed by atoms with Crippen LogP contribution < -0.4 is 0 Å². The van der Waals surface area contributed by atoms with E-state index in [-0.39, 0.29) is 30.7 Å². The van der Waals surface area contributed by atoms with Gasteiger partial charge in [0.25, 0.3) is 0 Å². The van der Waals surface area contributed by atoms with Crippen molar-refractivity contribution >= 4 is 35.6 Å². The van der Waals surface area contributed by atoms with E-state index in [1.165, 1.54) is 33.9 Å². The Bertz CT molecular complexity index is 1040. The first-order valence-corrected chi connectivity index (χ1v) is 12.3. The van der Waals surface area contributed by atoms with Gasteiger partial charge in [-0.05, 0) is 47.4 Å². The van der Waals surface area contributed by atoms with Crippen LogP contribution in [0.1, 0.15) is 43.6 Å². The van der Waals surface area contributed by atoms with Crippen molar-refractivity contribution in [3.63, 3.8) is 0 Å². The van der Waals surface area contributed by atoms with Gasteiger partial charge in [0.05, 0.1) is 5.60 Å². The van der Waals surface area contributed by atoms with E-state index < -0.39 is 5.60 Å². The minimum atomic E-state index is -0.581. The lowest BCUT2D eigenvalue weighted by Crippen LogP contribution is -2.50. The molecule has 0 amide bonds. The average molecular weight is 502 g/mol. The van der Waals surface area contributed by atoms with Crippen LogP contribution in [0.25, 0.3) is 21.9 Å². The van der Waals surface area contributed by atoms with Crippen molar-refractivity contribution in [3.05, 3.63) is 72.3 Å². The second-order valence-electron chi connectivity index (χ2n) is 9.97. The molecule has 2 aliphatic rings. The van der Waals surface area contributed by atoms with E-state index in [1.54, 1.807) is 0 Å². The van der Waals surface area contributed by atoms with Crippen LogP contribution in [0.5, 0.6) is 0 Å². The predicted molar refractivity (Wildman–Crippen MR) is 149 cm³/mol. The van der Waals surface area contributed by atoms with Crippen LogP contribution in [0, 0.1) is 0 Å². The first kappa shape index (κ1) is 27.0. The third-order valence-electron chi connectivity index (χ3n) is 7.82. The molecule has 1 N–H and O–H groups in total. The fraction of sp³-hybridized carbons (Fsp3) is 0.448. The number of fused-ring (bicyclic) bond motifs is 1. The van der Waals surface area contributed by atoms with Crippen LogP contribution in [-0.4, -0.2) is 60.3 Å². The van der Waals surface area contributed by atoms with Gasteiger partial charge in [0, 0.05) is 38.6 Å². The summed E-state index contributed by atoms with van der Waals surface area (Å²) in [7, 11) is 2.20. The minimum absolute atomic E-state index is 0. The Labute approximate surface area is 217 Å². The predicted octanol–water partition coefficient (Wildman–Crippen LogP) is 6.38. The van der Waals surface area contributed by atoms with E-state index in [4.69, 9.17) is 0 Å². The highest BCUT2D eigenvalue weighted by Crippen LogP contribution is 2.41. The molecular weight excluding hydrogens is 463 g/mol. The van der Waals surface area contributed by atoms with Gasteiger partial charge in [0.15, 0.2) is 0 Å². The molecule has 184 valence electrons. The summed E-state index contributed by atoms with van der Waals surface area (Å²) in [6.07, 6.45) is 5.39. The molecule has 0 aromatic heterocycles. The van der Waals surface area contributed by atoms with E-state index in [0.717, 1.165) is 58.4 Å². The van der Waals surface area contributed by atoms with Gasteiger partial charge >= 0.3 is 0 Å². The topological polar surface area (TPSA) is 26.7 Å². The zero-order valence-corrected chi connectivity index (χ0v) is 21.8. The summed E-state index contributed by atoms with van der Waals surface area (Å²) in [4.78, 5) is 4.97. The Balaban J connectivity index is 0.00000162. The molecule has 1 saturated heterocycles. The largest absolute Gasteiger partial charge is 0.389 e. The summed E-state index contributed by atoms with van der Waals surface area (Å²) < 4.78 is 0. The molecule has 5 heteroatoms. The number of likely N-dealkylation sites (N-methyl/N-ethyl adjacent to an activating group) is 1. The van der Waals surface area contributed by atoms with Crippen LogP contribution in [0.4, 0.5) is 0 Å². The maximum Gasteiger partial charge on any atom is 0.0728 e. The van der Waals surface area contributed by atoms with E-state index in [2.05, 4.69) is 83.6 Å². The maximum atomic E-state index is 11.8. The second kappa shape index (κ2) is 11.9. The van der Waals surface area contributed by atoms with Crippen LogP contribution in [0.15, 0.2) is 66.7 Å². The van der Waals surface area contributed by atoms with Gasteiger partial charge < -0.3 is 14.9 Å². The van der Waals surface area contributed by atoms with Gasteiger partial charge in [0.1, 0.15) is 0 Å². The third kappa shape index (κ3) is 5.78. The number of rotatable bonds is 5. The monoisotopic (exact) mass is 500 g/mol. The van der Waals surface area contributed by atoms with Gasteiger partial charge in [-0.15, -0.1) is 24.8 Å². The molecule has 3 aromatic rings. The molecule has 1 aliphatic carbocycles. The van der Waals surface area contributed by atoms with Gasteiger partial charge in [-0.25, -0.2) is 0 Å². The smallest absolute Gasteiger partial charge is 0.0728 e. The van der Waals surface area contributed by atoms with E-state index in [9.17, 15) is 5.11 Å². The first-order chi connectivity index (χ1) is 15.6. The number of hydrogen-bond donors (Lipinski definition) is 1. The number of hydrogen-bond acceptors (Lipinski definition) is 3. The highest BCUT2D eigenvalue weighted by Gasteiger charge is 2.39. The van der Waals surface area contributed by atoms with E-state index in [1.807, 2.05) is 0 Å². The summed E-state index contributed by atoms with van der Waals surface area (Å²) in [6, 6.07) is 24.2. The van der Waals surface area contributed by atoms with Crippen molar-refractivity contribution < 1.29 is 5.11 Å². The van der Waals surface area contributed by atoms with Gasteiger partial charge in [0.2, 0.25) is 0 Å². The van der Waals surface area contributed by atoms with Crippen LogP contribution in [0.3, 0.4) is 0 Å². The summed E-state index contributed by atoms with van der Waals surface area (Å²) in [6.45, 7) is 5.38. The molecule has 5 rings (SSSR count). The molecule has 3 aromatic carbocycles. The number of benzene rings is 3. The standard InChI is InChI=1S/C29H36N2O.2ClH/c1-30-18-20-31(21-19-30)22-28(29(32)16-5-2-6-17-29)25-14-12-24(13-15-25)27-11-7-9-23-8-3-4-10-26(23)27;;/h3-4,7-15,28,32H,2,5-6,16-22H2,1H3;2*1H. The lowest BCUT2D eigenvalue weighted by Gasteiger charge is -2.43. The minimum Gasteiger partial charge on any atom is -0.389 e. The quantitative estimate of drug-likeness (QED) is 0.440. The summed E-state index contributed by atoms with van der Waals surface area (Å²) >= 11 is 0. The highest BCUT2D eigenvalue weighted by molar-refractivity contribution is 5.96. The normalized spacial score (nSPS) is 19.7. The summed E-state index contributed by atoms with van der Waals surface area (Å²) in [5.74, 6) is 0.174. The van der Waals surface area contributed by atoms with Crippen LogP contribution in [-0.2, 0) is 0 Å². The second-order valence-corrected chi connectivity index (χ2v) is 9.97. The molecular formula is C29H38Cl2N2O. The van der Waals surface area contributed by atoms with Crippen LogP contribution in [0.2, 0.25) is 0 Å². The fourth-order valence-corrected chi connectivity index (χ4v) is 5.76. The zero-order valence-electron chi connectivity index (χ0n) is 20.2. The molecule has 0 bridgehead atoms. The number of nitrogens with zero attached hydrogens (tertiary/aromatic N) is 2. The van der Waals surface area contributed by atoms with Crippen molar-refractivity contribution in [2.75, 3.05) is 39.8 Å². The molecule has 1 aliphatic heterocycles. The maximum absolute atomic E-state index is 11.8. The highest BCUT2D eigenvalue weighted by atomic mass is 35.5. The molecule has 34 heavy (non-hydrogen) atoms. The number of halogens is 2. The van der Waals surface area contributed by atoms with Gasteiger partial charge in [-0.2, -0.15) is 0 Å². The summed E-state index contributed by atoms with van der Waals surface area (Å²) in [5, 5.41) is 14.3. The Hall–Kier alpha value is -1.62. The van der Waals surface area contributed by atoms with Crippen molar-refractivity contribution in [2.45, 2.75) is 43.6 Å². The molecule has 0 spiro atoms. The molecule has 2 fully saturated rings. The van der Waals surface area contributed by atoms with Crippen molar-refractivity contribution in [2.24, 2.45) is 0 Å². The van der Waals surface area contributed by atoms with Gasteiger partial charge in [-0.3, -0.25) is 0 Å². The van der Waals surface area contributed by atoms with Crippen molar-refractivity contribution in [1.29, 1.82) is 0 Å². The third-order valence-corrected chi connectivity index (χ3v) is 7.82. The van der Waals surface area contributed by atoms with Gasteiger partial charge in [-0.1, -0.05) is 86.0 Å². The molecule has 0 radical (unpaired) electrons. The Kier molecular flexibility index (Phi) is 9.42. The number of aliphatic hydroxyl groups is 1. The lowest BCUT2D eigenvalue weighted by atomic mass is 9.72. The van der Waals surface area contributed by atoms with E-state index in [0.29, 0.717) is 0 Å². The average Bonchev–Trinajstić information content (AvgIpc) is 2.84. The Morgan fingerprint density at radius 2 is 1.44 bits per heavy atom. The molecule has 1 unspecified atom stereocenters. The van der Waals surface area contributed by atoms with Crippen molar-refractivity contribution in [3.8, 4) is 11.1 Å². The molecule has 3 nitrogen and oxygen atoms in total. The fourth-order valence-electron chi connectivity index (χ4n) is 5.76. The van der Waals surface area contributed by atoms with E-state index >= 15 is 0 Å². The Morgan fingerprint density at radius 3 is 2.15 bits per heavy atom. The van der Waals surface area contributed by atoms with Crippen LogP contribution >= 0.6 is 24.8 Å².